The number of carbonyl (C=O) groups is 2. The van der Waals surface area contributed by atoms with E-state index in [2.05, 4.69) is 5.32 Å². The highest BCUT2D eigenvalue weighted by Gasteiger charge is 2.24. The molecule has 0 atom stereocenters. The SMILES string of the molecule is N=C(N)c1ccc2cc(C(=O)NC3CCC(N)CC3)n(Cc3cccc4sc(C(=O)O)cc34)c2c1. The maximum Gasteiger partial charge on any atom is 0.345 e. The van der Waals surface area contributed by atoms with Gasteiger partial charge in [0.05, 0.1) is 0 Å². The van der Waals surface area contributed by atoms with Crippen molar-refractivity contribution < 1.29 is 14.7 Å². The average Bonchev–Trinajstić information content (AvgIpc) is 3.43. The number of rotatable bonds is 6. The Morgan fingerprint density at radius 3 is 2.60 bits per heavy atom. The number of aromatic nitrogens is 1. The Hall–Kier alpha value is -3.69. The first-order valence-electron chi connectivity index (χ1n) is 11.6. The van der Waals surface area contributed by atoms with E-state index in [0.717, 1.165) is 52.2 Å². The molecule has 0 bridgehead atoms. The van der Waals surface area contributed by atoms with Crippen LogP contribution in [0.5, 0.6) is 0 Å². The zero-order valence-electron chi connectivity index (χ0n) is 19.1. The number of fused-ring (bicyclic) bond motifs is 2. The normalized spacial score (nSPS) is 18.1. The number of nitrogen functional groups attached to an aromatic ring is 1. The Morgan fingerprint density at radius 1 is 1.11 bits per heavy atom. The third kappa shape index (κ3) is 4.52. The highest BCUT2D eigenvalue weighted by Crippen LogP contribution is 2.31. The Morgan fingerprint density at radius 2 is 1.89 bits per heavy atom. The van der Waals surface area contributed by atoms with Crippen molar-refractivity contribution in [2.24, 2.45) is 11.5 Å². The van der Waals surface area contributed by atoms with Crippen molar-refractivity contribution in [2.75, 3.05) is 0 Å². The monoisotopic (exact) mass is 489 g/mol. The summed E-state index contributed by atoms with van der Waals surface area (Å²) in [5.41, 5.74) is 14.6. The first-order valence-corrected chi connectivity index (χ1v) is 12.4. The van der Waals surface area contributed by atoms with Gasteiger partial charge in [-0.15, -0.1) is 11.3 Å². The van der Waals surface area contributed by atoms with Gasteiger partial charge in [-0.25, -0.2) is 4.79 Å². The minimum atomic E-state index is -0.957. The summed E-state index contributed by atoms with van der Waals surface area (Å²) in [7, 11) is 0. The smallest absolute Gasteiger partial charge is 0.345 e. The summed E-state index contributed by atoms with van der Waals surface area (Å²) in [4.78, 5) is 25.3. The van der Waals surface area contributed by atoms with E-state index in [-0.39, 0.29) is 28.7 Å². The van der Waals surface area contributed by atoms with Gasteiger partial charge in [-0.3, -0.25) is 10.2 Å². The van der Waals surface area contributed by atoms with E-state index in [0.29, 0.717) is 17.8 Å². The number of nitrogens with zero attached hydrogens (tertiary/aromatic N) is 1. The van der Waals surface area contributed by atoms with Crippen LogP contribution in [0.3, 0.4) is 0 Å². The molecule has 0 radical (unpaired) electrons. The molecule has 2 heterocycles. The lowest BCUT2D eigenvalue weighted by atomic mass is 9.92. The summed E-state index contributed by atoms with van der Waals surface area (Å²) in [6, 6.07) is 15.0. The number of benzene rings is 2. The number of carbonyl (C=O) groups excluding carboxylic acids is 1. The van der Waals surface area contributed by atoms with Crippen molar-refractivity contribution in [3.8, 4) is 0 Å². The second kappa shape index (κ2) is 9.16. The Bertz CT molecular complexity index is 1460. The molecule has 4 aromatic rings. The van der Waals surface area contributed by atoms with Gasteiger partial charge in [-0.05, 0) is 60.9 Å². The molecule has 1 aliphatic rings. The number of amides is 1. The summed E-state index contributed by atoms with van der Waals surface area (Å²) in [6.45, 7) is 0.371. The van der Waals surface area contributed by atoms with Gasteiger partial charge in [0.1, 0.15) is 16.4 Å². The number of amidine groups is 1. The molecule has 1 aliphatic carbocycles. The molecular formula is C26H27N5O3S. The van der Waals surface area contributed by atoms with Crippen LogP contribution >= 0.6 is 11.3 Å². The van der Waals surface area contributed by atoms with Crippen molar-refractivity contribution in [3.05, 3.63) is 70.2 Å². The van der Waals surface area contributed by atoms with Crippen LogP contribution in [0.1, 0.15) is 57.0 Å². The molecule has 0 unspecified atom stereocenters. The zero-order chi connectivity index (χ0) is 24.7. The number of aromatic carboxylic acids is 1. The molecule has 5 rings (SSSR count). The lowest BCUT2D eigenvalue weighted by molar-refractivity contribution is 0.0702. The van der Waals surface area contributed by atoms with Gasteiger partial charge >= 0.3 is 5.97 Å². The van der Waals surface area contributed by atoms with Gasteiger partial charge in [0, 0.05) is 39.8 Å². The molecule has 9 heteroatoms. The van der Waals surface area contributed by atoms with Crippen molar-refractivity contribution in [2.45, 2.75) is 44.3 Å². The first kappa shape index (κ1) is 23.1. The van der Waals surface area contributed by atoms with Crippen molar-refractivity contribution >= 4 is 50.0 Å². The number of nitrogens with one attached hydrogen (secondary N) is 2. The van der Waals surface area contributed by atoms with E-state index in [1.807, 2.05) is 41.0 Å². The van der Waals surface area contributed by atoms with Gasteiger partial charge < -0.3 is 26.5 Å². The predicted molar refractivity (Wildman–Crippen MR) is 139 cm³/mol. The van der Waals surface area contributed by atoms with E-state index < -0.39 is 5.97 Å². The van der Waals surface area contributed by atoms with E-state index in [4.69, 9.17) is 16.9 Å². The van der Waals surface area contributed by atoms with Crippen LogP contribution in [0.15, 0.2) is 48.5 Å². The quantitative estimate of drug-likeness (QED) is 0.206. The highest BCUT2D eigenvalue weighted by atomic mass is 32.1. The molecule has 2 aromatic heterocycles. The van der Waals surface area contributed by atoms with E-state index >= 15 is 0 Å². The maximum absolute atomic E-state index is 13.4. The topological polar surface area (TPSA) is 147 Å². The van der Waals surface area contributed by atoms with Crippen molar-refractivity contribution in [1.82, 2.24) is 9.88 Å². The third-order valence-corrected chi connectivity index (χ3v) is 7.83. The first-order chi connectivity index (χ1) is 16.8. The summed E-state index contributed by atoms with van der Waals surface area (Å²) >= 11 is 1.23. The molecule has 0 saturated heterocycles. The summed E-state index contributed by atoms with van der Waals surface area (Å²) in [5, 5.41) is 22.2. The second-order valence-corrected chi connectivity index (χ2v) is 10.2. The number of carboxylic acid groups (broad SMARTS) is 1. The summed E-state index contributed by atoms with van der Waals surface area (Å²) < 4.78 is 2.81. The van der Waals surface area contributed by atoms with Crippen LogP contribution in [-0.4, -0.2) is 39.5 Å². The summed E-state index contributed by atoms with van der Waals surface area (Å²) in [6.07, 6.45) is 3.49. The minimum Gasteiger partial charge on any atom is -0.477 e. The fourth-order valence-electron chi connectivity index (χ4n) is 4.84. The number of hydrogen-bond donors (Lipinski definition) is 5. The van der Waals surface area contributed by atoms with Crippen LogP contribution < -0.4 is 16.8 Å². The van der Waals surface area contributed by atoms with Crippen molar-refractivity contribution in [1.29, 1.82) is 5.41 Å². The second-order valence-electron chi connectivity index (χ2n) is 9.13. The molecule has 0 aliphatic heterocycles. The van der Waals surface area contributed by atoms with Crippen LogP contribution in [0.25, 0.3) is 21.0 Å². The number of hydrogen-bond acceptors (Lipinski definition) is 5. The van der Waals surface area contributed by atoms with E-state index in [1.54, 1.807) is 12.1 Å². The van der Waals surface area contributed by atoms with Crippen LogP contribution in [0, 0.1) is 5.41 Å². The molecule has 2 aromatic carbocycles. The van der Waals surface area contributed by atoms with Gasteiger partial charge in [0.2, 0.25) is 0 Å². The fourth-order valence-corrected chi connectivity index (χ4v) is 5.79. The highest BCUT2D eigenvalue weighted by molar-refractivity contribution is 7.20. The average molecular weight is 490 g/mol. The lowest BCUT2D eigenvalue weighted by Crippen LogP contribution is -2.41. The zero-order valence-corrected chi connectivity index (χ0v) is 19.9. The van der Waals surface area contributed by atoms with Gasteiger partial charge in [0.25, 0.3) is 5.91 Å². The Kier molecular flexibility index (Phi) is 6.04. The van der Waals surface area contributed by atoms with E-state index in [1.165, 1.54) is 11.3 Å². The van der Waals surface area contributed by atoms with Gasteiger partial charge in [-0.2, -0.15) is 0 Å². The largest absolute Gasteiger partial charge is 0.477 e. The minimum absolute atomic E-state index is 0.0461. The van der Waals surface area contributed by atoms with Crippen molar-refractivity contribution in [3.63, 3.8) is 0 Å². The van der Waals surface area contributed by atoms with Crippen LogP contribution in [-0.2, 0) is 6.54 Å². The lowest BCUT2D eigenvalue weighted by Gasteiger charge is -2.27. The van der Waals surface area contributed by atoms with Gasteiger partial charge in [0.15, 0.2) is 0 Å². The molecule has 0 spiro atoms. The molecule has 180 valence electrons. The maximum atomic E-state index is 13.4. The summed E-state index contributed by atoms with van der Waals surface area (Å²) in [5.74, 6) is -1.16. The number of nitrogens with two attached hydrogens (primary N) is 2. The molecule has 1 fully saturated rings. The van der Waals surface area contributed by atoms with E-state index in [9.17, 15) is 14.7 Å². The standard InChI is InChI=1S/C26H27N5O3S/c27-17-6-8-18(9-7-17)30-25(32)21-10-14-4-5-15(24(28)29)11-20(14)31(21)13-16-2-1-3-22-19(16)12-23(35-22)26(33)34/h1-5,10-12,17-18H,6-9,13,27H2,(H3,28,29)(H,30,32)(H,33,34). The Labute approximate surface area is 206 Å². The fraction of sp³-hybridized carbons (Fsp3) is 0.269. The predicted octanol–water partition coefficient (Wildman–Crippen LogP) is 3.89. The Balaban J connectivity index is 1.58. The van der Waals surface area contributed by atoms with Gasteiger partial charge in [-0.1, -0.05) is 24.3 Å². The number of thiophene rings is 1. The molecule has 35 heavy (non-hydrogen) atoms. The number of carboxylic acids is 1. The van der Waals surface area contributed by atoms with Crippen LogP contribution in [0.4, 0.5) is 0 Å². The molecule has 7 N–H and O–H groups in total. The molecule has 1 saturated carbocycles. The molecule has 1 amide bonds. The molecule has 8 nitrogen and oxygen atoms in total. The third-order valence-electron chi connectivity index (χ3n) is 6.75. The van der Waals surface area contributed by atoms with Crippen LogP contribution in [0.2, 0.25) is 0 Å². The molecular weight excluding hydrogens is 462 g/mol.